The molecule has 0 atom stereocenters. The molecule has 5 rings (SSSR count). The van der Waals surface area contributed by atoms with Crippen LogP contribution in [0.4, 0.5) is 9.52 Å². The van der Waals surface area contributed by atoms with Gasteiger partial charge in [-0.3, -0.25) is 0 Å². The van der Waals surface area contributed by atoms with Gasteiger partial charge in [0.05, 0.1) is 16.3 Å². The Morgan fingerprint density at radius 2 is 1.72 bits per heavy atom. The van der Waals surface area contributed by atoms with E-state index in [0.717, 1.165) is 40.0 Å². The lowest BCUT2D eigenvalue weighted by atomic mass is 9.96. The van der Waals surface area contributed by atoms with E-state index in [1.54, 1.807) is 11.3 Å². The van der Waals surface area contributed by atoms with Gasteiger partial charge in [-0.15, -0.1) is 0 Å². The highest BCUT2D eigenvalue weighted by molar-refractivity contribution is 7.19. The zero-order valence-corrected chi connectivity index (χ0v) is 17.2. The van der Waals surface area contributed by atoms with Crippen LogP contribution in [0.3, 0.4) is 0 Å². The number of hydrogen-bond donors (Lipinski definition) is 0. The Balaban J connectivity index is 1.63. The Hall–Kier alpha value is -2.34. The summed E-state index contributed by atoms with van der Waals surface area (Å²) >= 11 is 1.70. The van der Waals surface area contributed by atoms with E-state index in [4.69, 9.17) is 4.98 Å². The minimum atomic E-state index is -0.233. The van der Waals surface area contributed by atoms with Gasteiger partial charge in [-0.1, -0.05) is 24.2 Å². The molecule has 1 aliphatic heterocycles. The summed E-state index contributed by atoms with van der Waals surface area (Å²) in [5, 5.41) is 1.04. The molecule has 1 radical (unpaired) electrons. The molecule has 0 amide bonds. The SMILES string of the molecule is Fc1ccc(-c2nc(N3CCCCC3)sc2-c2n[c]ncc2C2CCCC2)cc1. The second kappa shape index (κ2) is 8.19. The van der Waals surface area contributed by atoms with Gasteiger partial charge in [-0.05, 0) is 62.3 Å². The third-order valence-corrected chi connectivity index (χ3v) is 7.19. The molecule has 3 heterocycles. The van der Waals surface area contributed by atoms with Crippen LogP contribution in [0.5, 0.6) is 0 Å². The summed E-state index contributed by atoms with van der Waals surface area (Å²) in [6, 6.07) is 6.63. The molecule has 2 fully saturated rings. The molecule has 29 heavy (non-hydrogen) atoms. The fourth-order valence-corrected chi connectivity index (χ4v) is 5.67. The van der Waals surface area contributed by atoms with Crippen molar-refractivity contribution in [1.29, 1.82) is 0 Å². The summed E-state index contributed by atoms with van der Waals surface area (Å²) in [5.41, 5.74) is 3.98. The van der Waals surface area contributed by atoms with Gasteiger partial charge in [0.1, 0.15) is 5.82 Å². The average molecular weight is 408 g/mol. The third kappa shape index (κ3) is 3.78. The number of halogens is 1. The molecule has 0 N–H and O–H groups in total. The Labute approximate surface area is 174 Å². The van der Waals surface area contributed by atoms with Crippen molar-refractivity contribution in [2.45, 2.75) is 50.9 Å². The lowest BCUT2D eigenvalue weighted by Crippen LogP contribution is -2.29. The van der Waals surface area contributed by atoms with E-state index >= 15 is 0 Å². The number of aromatic nitrogens is 3. The van der Waals surface area contributed by atoms with E-state index in [-0.39, 0.29) is 5.82 Å². The lowest BCUT2D eigenvalue weighted by molar-refractivity contribution is 0.577. The van der Waals surface area contributed by atoms with E-state index in [9.17, 15) is 4.39 Å². The standard InChI is InChI=1S/C23H24FN4S/c24-18-10-8-17(9-11-18)20-22(29-23(27-20)28-12-4-1-5-13-28)21-19(14-25-15-26-21)16-6-2-3-7-16/h8-11,14,16H,1-7,12-13H2. The van der Waals surface area contributed by atoms with Gasteiger partial charge in [-0.25, -0.2) is 19.3 Å². The quantitative estimate of drug-likeness (QED) is 0.544. The molecule has 1 saturated carbocycles. The molecule has 2 aromatic heterocycles. The van der Waals surface area contributed by atoms with Crippen LogP contribution < -0.4 is 4.90 Å². The van der Waals surface area contributed by atoms with Crippen molar-refractivity contribution in [2.75, 3.05) is 18.0 Å². The van der Waals surface area contributed by atoms with Crippen LogP contribution in [-0.4, -0.2) is 28.0 Å². The summed E-state index contributed by atoms with van der Waals surface area (Å²) in [7, 11) is 0. The Morgan fingerprint density at radius 3 is 2.48 bits per heavy atom. The van der Waals surface area contributed by atoms with Crippen molar-refractivity contribution in [3.8, 4) is 21.8 Å². The van der Waals surface area contributed by atoms with Gasteiger partial charge in [0.25, 0.3) is 0 Å². The molecule has 2 aliphatic rings. The molecule has 0 bridgehead atoms. The van der Waals surface area contributed by atoms with Crippen molar-refractivity contribution in [2.24, 2.45) is 0 Å². The second-order valence-corrected chi connectivity index (χ2v) is 8.96. The third-order valence-electron chi connectivity index (χ3n) is 6.07. The first kappa shape index (κ1) is 18.7. The van der Waals surface area contributed by atoms with Crippen molar-refractivity contribution >= 4 is 16.5 Å². The number of rotatable bonds is 4. The number of anilines is 1. The highest BCUT2D eigenvalue weighted by atomic mass is 32.1. The lowest BCUT2D eigenvalue weighted by Gasteiger charge is -2.25. The molecule has 6 heteroatoms. The van der Waals surface area contributed by atoms with E-state index in [1.807, 2.05) is 18.3 Å². The maximum absolute atomic E-state index is 13.5. The monoisotopic (exact) mass is 407 g/mol. The van der Waals surface area contributed by atoms with Crippen LogP contribution in [0, 0.1) is 12.1 Å². The fourth-order valence-electron chi connectivity index (χ4n) is 4.51. The van der Waals surface area contributed by atoms with Gasteiger partial charge in [0, 0.05) is 30.4 Å². The minimum Gasteiger partial charge on any atom is -0.348 e. The molecule has 1 saturated heterocycles. The largest absolute Gasteiger partial charge is 0.348 e. The molecule has 3 aromatic rings. The topological polar surface area (TPSA) is 41.9 Å². The van der Waals surface area contributed by atoms with Crippen LogP contribution in [0.1, 0.15) is 56.4 Å². The molecular weight excluding hydrogens is 383 g/mol. The predicted octanol–water partition coefficient (Wildman–Crippen LogP) is 5.85. The summed E-state index contributed by atoms with van der Waals surface area (Å²) < 4.78 is 13.5. The van der Waals surface area contributed by atoms with Crippen LogP contribution >= 0.6 is 11.3 Å². The summed E-state index contributed by atoms with van der Waals surface area (Å²) in [6.07, 6.45) is 13.3. The number of benzene rings is 1. The van der Waals surface area contributed by atoms with E-state index in [2.05, 4.69) is 21.2 Å². The maximum Gasteiger partial charge on any atom is 0.198 e. The summed E-state index contributed by atoms with van der Waals surface area (Å²) in [5.74, 6) is 0.269. The normalized spacial score (nSPS) is 17.8. The number of nitrogens with zero attached hydrogens (tertiary/aromatic N) is 4. The van der Waals surface area contributed by atoms with Crippen molar-refractivity contribution < 1.29 is 4.39 Å². The second-order valence-electron chi connectivity index (χ2n) is 7.98. The van der Waals surface area contributed by atoms with Gasteiger partial charge in [-0.2, -0.15) is 0 Å². The van der Waals surface area contributed by atoms with E-state index in [0.29, 0.717) is 5.92 Å². The Morgan fingerprint density at radius 1 is 0.966 bits per heavy atom. The van der Waals surface area contributed by atoms with Crippen molar-refractivity contribution in [1.82, 2.24) is 15.0 Å². The highest BCUT2D eigenvalue weighted by Crippen LogP contribution is 2.45. The number of thiazole rings is 1. The molecule has 1 aliphatic carbocycles. The average Bonchev–Trinajstić information content (AvgIpc) is 3.45. The number of hydrogen-bond acceptors (Lipinski definition) is 5. The molecule has 1 aromatic carbocycles. The molecular formula is C23H24FN4S. The minimum absolute atomic E-state index is 0.233. The van der Waals surface area contributed by atoms with Crippen LogP contribution in [0.25, 0.3) is 21.8 Å². The first-order valence-electron chi connectivity index (χ1n) is 10.5. The van der Waals surface area contributed by atoms with Crippen molar-refractivity contribution in [3.05, 3.63) is 48.2 Å². The van der Waals surface area contributed by atoms with E-state index < -0.39 is 0 Å². The maximum atomic E-state index is 13.5. The van der Waals surface area contributed by atoms with Gasteiger partial charge < -0.3 is 4.90 Å². The smallest absolute Gasteiger partial charge is 0.198 e. The fraction of sp³-hybridized carbons (Fsp3) is 0.435. The zero-order chi connectivity index (χ0) is 19.6. The summed E-state index contributed by atoms with van der Waals surface area (Å²) in [4.78, 5) is 17.3. The molecule has 149 valence electrons. The Bertz CT molecular complexity index is 973. The highest BCUT2D eigenvalue weighted by Gasteiger charge is 2.26. The summed E-state index contributed by atoms with van der Waals surface area (Å²) in [6.45, 7) is 2.09. The zero-order valence-electron chi connectivity index (χ0n) is 16.4. The molecule has 4 nitrogen and oxygen atoms in total. The predicted molar refractivity (Wildman–Crippen MR) is 115 cm³/mol. The van der Waals surface area contributed by atoms with Crippen molar-refractivity contribution in [3.63, 3.8) is 0 Å². The van der Waals surface area contributed by atoms with Gasteiger partial charge >= 0.3 is 0 Å². The first-order chi connectivity index (χ1) is 14.3. The van der Waals surface area contributed by atoms with Crippen LogP contribution in [0.15, 0.2) is 30.5 Å². The van der Waals surface area contributed by atoms with Crippen LogP contribution in [-0.2, 0) is 0 Å². The molecule has 0 spiro atoms. The van der Waals surface area contributed by atoms with E-state index in [1.165, 1.54) is 62.6 Å². The molecule has 0 unspecified atom stereocenters. The van der Waals surface area contributed by atoms with Gasteiger partial charge in [0.15, 0.2) is 11.5 Å². The number of piperidine rings is 1. The van der Waals surface area contributed by atoms with Crippen LogP contribution in [0.2, 0.25) is 0 Å². The first-order valence-corrected chi connectivity index (χ1v) is 11.4. The van der Waals surface area contributed by atoms with Gasteiger partial charge in [0.2, 0.25) is 0 Å². The Kier molecular flexibility index (Phi) is 5.27.